The van der Waals surface area contributed by atoms with E-state index in [0.29, 0.717) is 28.6 Å². The molecule has 0 spiro atoms. The summed E-state index contributed by atoms with van der Waals surface area (Å²) in [5, 5.41) is 13.7. The van der Waals surface area contributed by atoms with Crippen LogP contribution in [-0.2, 0) is 6.42 Å². The number of hydrogen-bond acceptors (Lipinski definition) is 7. The summed E-state index contributed by atoms with van der Waals surface area (Å²) in [6.07, 6.45) is 2.01. The lowest BCUT2D eigenvalue weighted by Gasteiger charge is -2.36. The van der Waals surface area contributed by atoms with Crippen molar-refractivity contribution in [3.63, 3.8) is 0 Å². The number of pyridine rings is 1. The molecule has 176 valence electrons. The molecule has 0 radical (unpaired) electrons. The Labute approximate surface area is 199 Å². The summed E-state index contributed by atoms with van der Waals surface area (Å²) in [6.45, 7) is 3.79. The topological polar surface area (TPSA) is 116 Å². The summed E-state index contributed by atoms with van der Waals surface area (Å²) >= 11 is 0. The number of nitrogens with two attached hydrogens (primary N) is 1. The second-order valence-electron chi connectivity index (χ2n) is 8.48. The van der Waals surface area contributed by atoms with Gasteiger partial charge in [0.25, 0.3) is 5.91 Å². The number of anilines is 2. The molecular formula is C26H30N6O2. The molecule has 1 fully saturated rings. The van der Waals surface area contributed by atoms with Crippen LogP contribution in [0.5, 0.6) is 11.5 Å². The van der Waals surface area contributed by atoms with Crippen LogP contribution in [0.25, 0.3) is 11.3 Å². The standard InChI is InChI=1S/C26H30N6O2/c1-4-16-9-17(6-8-22(16)26(33)30-19-14-32(3)15-19)24-11-21(12-25(28)31-24)34-20-7-5-18(13-27)23(10-20)29-2/h5-13,19,27,29H,4,14-15H2,1-3H3,(H2,28,31)(H,30,33). The molecule has 1 saturated heterocycles. The van der Waals surface area contributed by atoms with Crippen LogP contribution in [0.1, 0.15) is 28.4 Å². The number of likely N-dealkylation sites (tertiary alicyclic amines) is 1. The number of aryl methyl sites for hydroxylation is 1. The van der Waals surface area contributed by atoms with Gasteiger partial charge in [0.2, 0.25) is 0 Å². The lowest BCUT2D eigenvalue weighted by atomic mass is 9.98. The number of rotatable bonds is 8. The van der Waals surface area contributed by atoms with Gasteiger partial charge in [-0.15, -0.1) is 0 Å². The van der Waals surface area contributed by atoms with Crippen molar-refractivity contribution in [1.82, 2.24) is 15.2 Å². The molecule has 8 nitrogen and oxygen atoms in total. The summed E-state index contributed by atoms with van der Waals surface area (Å²) < 4.78 is 6.05. The number of benzene rings is 2. The number of ether oxygens (including phenoxy) is 1. The first-order valence-electron chi connectivity index (χ1n) is 11.3. The van der Waals surface area contributed by atoms with Crippen molar-refractivity contribution in [1.29, 1.82) is 5.41 Å². The Bertz CT molecular complexity index is 1220. The second kappa shape index (κ2) is 9.93. The highest BCUT2D eigenvalue weighted by atomic mass is 16.5. The van der Waals surface area contributed by atoms with Crippen molar-refractivity contribution in [3.8, 4) is 22.8 Å². The van der Waals surface area contributed by atoms with E-state index in [-0.39, 0.29) is 11.9 Å². The van der Waals surface area contributed by atoms with Crippen LogP contribution in [0.15, 0.2) is 48.5 Å². The molecule has 2 heterocycles. The molecule has 2 aromatic carbocycles. The Balaban J connectivity index is 1.58. The summed E-state index contributed by atoms with van der Waals surface area (Å²) in [5.74, 6) is 1.47. The molecule has 3 aromatic rings. The highest BCUT2D eigenvalue weighted by Gasteiger charge is 2.25. The Morgan fingerprint density at radius 1 is 1.21 bits per heavy atom. The number of nitrogens with one attached hydrogen (secondary N) is 3. The van der Waals surface area contributed by atoms with Crippen LogP contribution in [0, 0.1) is 5.41 Å². The third-order valence-corrected chi connectivity index (χ3v) is 5.93. The van der Waals surface area contributed by atoms with Gasteiger partial charge in [-0.1, -0.05) is 13.0 Å². The number of amides is 1. The molecule has 0 saturated carbocycles. The van der Waals surface area contributed by atoms with E-state index in [1.165, 1.54) is 6.21 Å². The normalized spacial score (nSPS) is 13.7. The maximum Gasteiger partial charge on any atom is 0.251 e. The molecule has 0 aliphatic carbocycles. The molecule has 0 unspecified atom stereocenters. The average Bonchev–Trinajstić information content (AvgIpc) is 2.82. The van der Waals surface area contributed by atoms with Gasteiger partial charge in [0.15, 0.2) is 0 Å². The minimum Gasteiger partial charge on any atom is -0.457 e. The number of nitrogens with zero attached hydrogens (tertiary/aromatic N) is 2. The first-order valence-corrected chi connectivity index (χ1v) is 11.3. The van der Waals surface area contributed by atoms with Gasteiger partial charge in [0, 0.05) is 66.9 Å². The molecule has 8 heteroatoms. The Morgan fingerprint density at radius 3 is 2.68 bits per heavy atom. The fourth-order valence-electron chi connectivity index (χ4n) is 4.13. The van der Waals surface area contributed by atoms with E-state index in [2.05, 4.69) is 20.5 Å². The van der Waals surface area contributed by atoms with Crippen molar-refractivity contribution < 1.29 is 9.53 Å². The predicted molar refractivity (Wildman–Crippen MR) is 136 cm³/mol. The van der Waals surface area contributed by atoms with Gasteiger partial charge in [-0.25, -0.2) is 4.98 Å². The van der Waals surface area contributed by atoms with E-state index in [1.54, 1.807) is 19.2 Å². The van der Waals surface area contributed by atoms with Gasteiger partial charge in [-0.3, -0.25) is 4.79 Å². The van der Waals surface area contributed by atoms with Gasteiger partial charge < -0.3 is 31.4 Å². The third-order valence-electron chi connectivity index (χ3n) is 5.93. The van der Waals surface area contributed by atoms with E-state index in [1.807, 2.05) is 50.4 Å². The minimum atomic E-state index is -0.0419. The molecular weight excluding hydrogens is 428 g/mol. The summed E-state index contributed by atoms with van der Waals surface area (Å²) in [7, 11) is 3.84. The van der Waals surface area contributed by atoms with Gasteiger partial charge >= 0.3 is 0 Å². The number of carbonyl (C=O) groups excluding carboxylic acids is 1. The molecule has 1 aliphatic heterocycles. The molecule has 0 atom stereocenters. The SMILES string of the molecule is CCc1cc(-c2cc(Oc3ccc(C=N)c(NC)c3)cc(N)n2)ccc1C(=O)NC1CN(C)C1. The van der Waals surface area contributed by atoms with Gasteiger partial charge in [0.1, 0.15) is 17.3 Å². The van der Waals surface area contributed by atoms with Crippen molar-refractivity contribution in [2.75, 3.05) is 38.2 Å². The Morgan fingerprint density at radius 2 is 2.00 bits per heavy atom. The largest absolute Gasteiger partial charge is 0.457 e. The maximum atomic E-state index is 12.8. The van der Waals surface area contributed by atoms with Crippen LogP contribution in [-0.4, -0.2) is 55.2 Å². The van der Waals surface area contributed by atoms with Crippen LogP contribution in [0.2, 0.25) is 0 Å². The van der Waals surface area contributed by atoms with E-state index < -0.39 is 0 Å². The zero-order valence-electron chi connectivity index (χ0n) is 19.7. The highest BCUT2D eigenvalue weighted by Crippen LogP contribution is 2.31. The third kappa shape index (κ3) is 5.02. The van der Waals surface area contributed by atoms with Gasteiger partial charge in [-0.2, -0.15) is 0 Å². The molecule has 5 N–H and O–H groups in total. The number of aromatic nitrogens is 1. The average molecular weight is 459 g/mol. The second-order valence-corrected chi connectivity index (χ2v) is 8.48. The van der Waals surface area contributed by atoms with Crippen LogP contribution >= 0.6 is 0 Å². The molecule has 1 amide bonds. The zero-order valence-corrected chi connectivity index (χ0v) is 19.7. The quantitative estimate of drug-likeness (QED) is 0.382. The lowest BCUT2D eigenvalue weighted by Crippen LogP contribution is -2.57. The van der Waals surface area contributed by atoms with Crippen molar-refractivity contribution in [2.45, 2.75) is 19.4 Å². The van der Waals surface area contributed by atoms with Gasteiger partial charge in [-0.05, 0) is 43.3 Å². The molecule has 4 rings (SSSR count). The predicted octanol–water partition coefficient (Wildman–Crippen LogP) is 3.77. The Hall–Kier alpha value is -3.91. The number of hydrogen-bond donors (Lipinski definition) is 4. The fourth-order valence-corrected chi connectivity index (χ4v) is 4.13. The van der Waals surface area contributed by atoms with Gasteiger partial charge in [0.05, 0.1) is 11.7 Å². The summed E-state index contributed by atoms with van der Waals surface area (Å²) in [5.41, 5.74) is 10.8. The minimum absolute atomic E-state index is 0.0419. The van der Waals surface area contributed by atoms with Crippen LogP contribution < -0.4 is 21.1 Å². The Kier molecular flexibility index (Phi) is 6.79. The monoisotopic (exact) mass is 458 g/mol. The van der Waals surface area contributed by atoms with Crippen molar-refractivity contribution >= 4 is 23.6 Å². The van der Waals surface area contributed by atoms with Crippen LogP contribution in [0.4, 0.5) is 11.5 Å². The van der Waals surface area contributed by atoms with Crippen LogP contribution in [0.3, 0.4) is 0 Å². The number of carbonyl (C=O) groups is 1. The fraction of sp³-hybridized carbons (Fsp3) is 0.269. The molecule has 0 bridgehead atoms. The number of nitrogen functional groups attached to an aromatic ring is 1. The van der Waals surface area contributed by atoms with E-state index in [4.69, 9.17) is 15.9 Å². The van der Waals surface area contributed by atoms with E-state index in [0.717, 1.165) is 41.9 Å². The first-order chi connectivity index (χ1) is 16.4. The summed E-state index contributed by atoms with van der Waals surface area (Å²) in [6, 6.07) is 14.9. The molecule has 1 aromatic heterocycles. The molecule has 1 aliphatic rings. The van der Waals surface area contributed by atoms with Crippen molar-refractivity contribution in [3.05, 3.63) is 65.2 Å². The highest BCUT2D eigenvalue weighted by molar-refractivity contribution is 5.96. The van der Waals surface area contributed by atoms with Crippen molar-refractivity contribution in [2.24, 2.45) is 0 Å². The number of likely N-dealkylation sites (N-methyl/N-ethyl adjacent to an activating group) is 1. The lowest BCUT2D eigenvalue weighted by molar-refractivity contribution is 0.0857. The summed E-state index contributed by atoms with van der Waals surface area (Å²) in [4.78, 5) is 19.4. The van der Waals surface area contributed by atoms with E-state index >= 15 is 0 Å². The zero-order chi connectivity index (χ0) is 24.2. The van der Waals surface area contributed by atoms with E-state index in [9.17, 15) is 4.79 Å². The molecule has 34 heavy (non-hydrogen) atoms. The maximum absolute atomic E-state index is 12.8. The first kappa shape index (κ1) is 23.3. The smallest absolute Gasteiger partial charge is 0.251 e.